The van der Waals surface area contributed by atoms with Crippen molar-refractivity contribution in [3.63, 3.8) is 0 Å². The highest BCUT2D eigenvalue weighted by Crippen LogP contribution is 2.36. The van der Waals surface area contributed by atoms with Crippen molar-refractivity contribution in [3.8, 4) is 11.5 Å². The first-order chi connectivity index (χ1) is 13.3. The molecule has 6 nitrogen and oxygen atoms in total. The Labute approximate surface area is 158 Å². The van der Waals surface area contributed by atoms with Crippen LogP contribution in [-0.4, -0.2) is 38.5 Å². The van der Waals surface area contributed by atoms with E-state index in [0.717, 1.165) is 30.0 Å². The van der Waals surface area contributed by atoms with Crippen LogP contribution in [-0.2, 0) is 22.5 Å². The summed E-state index contributed by atoms with van der Waals surface area (Å²) in [4.78, 5) is 15.4. The van der Waals surface area contributed by atoms with Crippen LogP contribution in [0.5, 0.6) is 11.5 Å². The van der Waals surface area contributed by atoms with Gasteiger partial charge in [0.2, 0.25) is 12.7 Å². The van der Waals surface area contributed by atoms with Gasteiger partial charge in [0.05, 0.1) is 25.2 Å². The molecular weight excluding hydrogens is 344 g/mol. The third-order valence-electron chi connectivity index (χ3n) is 5.61. The summed E-state index contributed by atoms with van der Waals surface area (Å²) in [7, 11) is 0. The molecule has 140 valence electrons. The lowest BCUT2D eigenvalue weighted by Crippen LogP contribution is -2.56. The second-order valence-corrected chi connectivity index (χ2v) is 7.18. The molecule has 1 amide bonds. The van der Waals surface area contributed by atoms with E-state index in [9.17, 15) is 4.79 Å². The van der Waals surface area contributed by atoms with Crippen LogP contribution < -0.4 is 19.7 Å². The van der Waals surface area contributed by atoms with Crippen LogP contribution in [0, 0.1) is 5.92 Å². The fourth-order valence-electron chi connectivity index (χ4n) is 4.23. The number of para-hydroxylation sites is 1. The predicted octanol–water partition coefficient (Wildman–Crippen LogP) is 2.11. The summed E-state index contributed by atoms with van der Waals surface area (Å²) in [6.07, 6.45) is 0.744. The Bertz CT molecular complexity index is 869. The highest BCUT2D eigenvalue weighted by molar-refractivity contribution is 5.82. The van der Waals surface area contributed by atoms with Crippen LogP contribution in [0.3, 0.4) is 0 Å². The SMILES string of the molecule is O=C(NCc1ccc2c(c1)OCO2)C1Cc2ccccc2N2CCOCC12. The van der Waals surface area contributed by atoms with E-state index in [0.29, 0.717) is 19.8 Å². The van der Waals surface area contributed by atoms with Gasteiger partial charge >= 0.3 is 0 Å². The molecule has 0 aromatic heterocycles. The average molecular weight is 366 g/mol. The highest BCUT2D eigenvalue weighted by atomic mass is 16.7. The van der Waals surface area contributed by atoms with E-state index in [1.165, 1.54) is 11.3 Å². The summed E-state index contributed by atoms with van der Waals surface area (Å²) in [6.45, 7) is 2.85. The number of amides is 1. The third kappa shape index (κ3) is 3.00. The molecule has 2 unspecified atom stereocenters. The summed E-state index contributed by atoms with van der Waals surface area (Å²) in [5.74, 6) is 1.45. The number of anilines is 1. The van der Waals surface area contributed by atoms with Crippen LogP contribution in [0.15, 0.2) is 42.5 Å². The molecule has 2 aromatic rings. The van der Waals surface area contributed by atoms with Gasteiger partial charge in [-0.25, -0.2) is 0 Å². The van der Waals surface area contributed by atoms with E-state index >= 15 is 0 Å². The minimum atomic E-state index is -0.116. The first kappa shape index (κ1) is 16.4. The number of fused-ring (bicyclic) bond motifs is 4. The van der Waals surface area contributed by atoms with Gasteiger partial charge in [-0.15, -0.1) is 0 Å². The van der Waals surface area contributed by atoms with E-state index in [4.69, 9.17) is 14.2 Å². The summed E-state index contributed by atoms with van der Waals surface area (Å²) < 4.78 is 16.4. The minimum absolute atomic E-state index is 0.0719. The molecule has 0 radical (unpaired) electrons. The number of carbonyl (C=O) groups is 1. The van der Waals surface area contributed by atoms with Crippen molar-refractivity contribution in [2.45, 2.75) is 19.0 Å². The molecular formula is C21H22N2O4. The van der Waals surface area contributed by atoms with Crippen LogP contribution in [0.25, 0.3) is 0 Å². The largest absolute Gasteiger partial charge is 0.454 e. The molecule has 3 aliphatic heterocycles. The highest BCUT2D eigenvalue weighted by Gasteiger charge is 2.39. The maximum atomic E-state index is 13.0. The molecule has 3 heterocycles. The van der Waals surface area contributed by atoms with Crippen molar-refractivity contribution >= 4 is 11.6 Å². The van der Waals surface area contributed by atoms with Gasteiger partial charge in [-0.2, -0.15) is 0 Å². The van der Waals surface area contributed by atoms with E-state index < -0.39 is 0 Å². The Hall–Kier alpha value is -2.73. The minimum Gasteiger partial charge on any atom is -0.454 e. The van der Waals surface area contributed by atoms with E-state index in [1.54, 1.807) is 0 Å². The number of carbonyl (C=O) groups excluding carboxylic acids is 1. The third-order valence-corrected chi connectivity index (χ3v) is 5.61. The zero-order chi connectivity index (χ0) is 18.2. The van der Waals surface area contributed by atoms with Gasteiger partial charge in [0.25, 0.3) is 0 Å². The van der Waals surface area contributed by atoms with Gasteiger partial charge in [-0.1, -0.05) is 24.3 Å². The molecule has 0 spiro atoms. The van der Waals surface area contributed by atoms with Gasteiger partial charge in [-0.05, 0) is 35.7 Å². The molecule has 1 saturated heterocycles. The Morgan fingerprint density at radius 3 is 3.00 bits per heavy atom. The van der Waals surface area contributed by atoms with Crippen molar-refractivity contribution in [3.05, 3.63) is 53.6 Å². The predicted molar refractivity (Wildman–Crippen MR) is 100 cm³/mol. The average Bonchev–Trinajstić information content (AvgIpc) is 3.19. The maximum absolute atomic E-state index is 13.0. The number of hydrogen-bond acceptors (Lipinski definition) is 5. The van der Waals surface area contributed by atoms with Gasteiger partial charge in [0.1, 0.15) is 0 Å². The van der Waals surface area contributed by atoms with Gasteiger partial charge < -0.3 is 24.4 Å². The number of rotatable bonds is 3. The Morgan fingerprint density at radius 1 is 1.15 bits per heavy atom. The van der Waals surface area contributed by atoms with E-state index in [1.807, 2.05) is 24.3 Å². The van der Waals surface area contributed by atoms with Gasteiger partial charge in [-0.3, -0.25) is 4.79 Å². The van der Waals surface area contributed by atoms with Crippen LogP contribution in [0.2, 0.25) is 0 Å². The summed E-state index contributed by atoms with van der Waals surface area (Å²) in [5.41, 5.74) is 3.48. The van der Waals surface area contributed by atoms with Crippen LogP contribution in [0.4, 0.5) is 5.69 Å². The molecule has 5 rings (SSSR count). The van der Waals surface area contributed by atoms with Gasteiger partial charge in [0.15, 0.2) is 11.5 Å². The zero-order valence-electron chi connectivity index (χ0n) is 15.0. The van der Waals surface area contributed by atoms with Crippen molar-refractivity contribution < 1.29 is 19.0 Å². The standard InChI is InChI=1S/C21H22N2O4/c24-21(22-11-14-5-6-19-20(9-14)27-13-26-19)16-10-15-3-1-2-4-17(15)23-7-8-25-12-18(16)23/h1-6,9,16,18H,7-8,10-13H2,(H,22,24). The number of hydrogen-bond donors (Lipinski definition) is 1. The molecule has 1 fully saturated rings. The fraction of sp³-hybridized carbons (Fsp3) is 0.381. The van der Waals surface area contributed by atoms with E-state index in [2.05, 4.69) is 28.4 Å². The van der Waals surface area contributed by atoms with Crippen LogP contribution >= 0.6 is 0 Å². The second kappa shape index (κ2) is 6.78. The topological polar surface area (TPSA) is 60.0 Å². The molecule has 2 atom stereocenters. The summed E-state index contributed by atoms with van der Waals surface area (Å²) in [5, 5.41) is 3.11. The number of ether oxygens (including phenoxy) is 3. The Balaban J connectivity index is 1.32. The molecule has 27 heavy (non-hydrogen) atoms. The number of benzene rings is 2. The molecule has 2 aromatic carbocycles. The monoisotopic (exact) mass is 366 g/mol. The first-order valence-electron chi connectivity index (χ1n) is 9.38. The number of nitrogens with zero attached hydrogens (tertiary/aromatic N) is 1. The Morgan fingerprint density at radius 2 is 2.04 bits per heavy atom. The molecule has 1 N–H and O–H groups in total. The van der Waals surface area contributed by atoms with Crippen molar-refractivity contribution in [2.75, 3.05) is 31.5 Å². The lowest BCUT2D eigenvalue weighted by atomic mass is 9.84. The zero-order valence-corrected chi connectivity index (χ0v) is 15.0. The van der Waals surface area contributed by atoms with Gasteiger partial charge in [0, 0.05) is 18.8 Å². The quantitative estimate of drug-likeness (QED) is 0.902. The molecule has 6 heteroatoms. The van der Waals surface area contributed by atoms with E-state index in [-0.39, 0.29) is 24.7 Å². The first-order valence-corrected chi connectivity index (χ1v) is 9.38. The summed E-state index contributed by atoms with van der Waals surface area (Å²) in [6, 6.07) is 14.2. The normalized spacial score (nSPS) is 22.7. The lowest BCUT2D eigenvalue weighted by Gasteiger charge is -2.45. The summed E-state index contributed by atoms with van der Waals surface area (Å²) >= 11 is 0. The molecule has 0 saturated carbocycles. The molecule has 3 aliphatic rings. The Kier molecular flexibility index (Phi) is 4.13. The van der Waals surface area contributed by atoms with Crippen molar-refractivity contribution in [1.29, 1.82) is 0 Å². The fourth-order valence-corrected chi connectivity index (χ4v) is 4.23. The smallest absolute Gasteiger partial charge is 0.231 e. The number of nitrogens with one attached hydrogen (secondary N) is 1. The van der Waals surface area contributed by atoms with Crippen LogP contribution in [0.1, 0.15) is 11.1 Å². The van der Waals surface area contributed by atoms with Crippen molar-refractivity contribution in [1.82, 2.24) is 5.32 Å². The molecule has 0 bridgehead atoms. The van der Waals surface area contributed by atoms with Crippen molar-refractivity contribution in [2.24, 2.45) is 5.92 Å². The lowest BCUT2D eigenvalue weighted by molar-refractivity contribution is -0.127. The molecule has 0 aliphatic carbocycles. The maximum Gasteiger partial charge on any atom is 0.231 e. The number of morpholine rings is 1. The second-order valence-electron chi connectivity index (χ2n) is 7.18.